The molecule has 20 heavy (non-hydrogen) atoms. The molecule has 0 spiro atoms. The molecule has 3 rings (SSSR count). The van der Waals surface area contributed by atoms with E-state index in [4.69, 9.17) is 17.4 Å². The van der Waals surface area contributed by atoms with Gasteiger partial charge in [0.2, 0.25) is 0 Å². The van der Waals surface area contributed by atoms with Gasteiger partial charge >= 0.3 is 0 Å². The van der Waals surface area contributed by atoms with Gasteiger partial charge in [0.15, 0.2) is 0 Å². The maximum atomic E-state index is 5.96. The van der Waals surface area contributed by atoms with E-state index in [-0.39, 0.29) is 6.04 Å². The molecule has 4 nitrogen and oxygen atoms in total. The second kappa shape index (κ2) is 5.54. The van der Waals surface area contributed by atoms with Crippen LogP contribution in [0.25, 0.3) is 10.9 Å². The van der Waals surface area contributed by atoms with E-state index in [1.807, 2.05) is 36.4 Å². The maximum Gasteiger partial charge on any atom is 0.129 e. The van der Waals surface area contributed by atoms with Gasteiger partial charge in [-0.05, 0) is 35.4 Å². The number of nitrogens with one attached hydrogen (secondary N) is 1. The maximum absolute atomic E-state index is 5.96. The van der Waals surface area contributed by atoms with Crippen molar-refractivity contribution in [3.05, 3.63) is 71.1 Å². The van der Waals surface area contributed by atoms with Crippen molar-refractivity contribution in [1.82, 2.24) is 15.4 Å². The highest BCUT2D eigenvalue weighted by Crippen LogP contribution is 2.28. The minimum Gasteiger partial charge on any atom is -0.271 e. The lowest BCUT2D eigenvalue weighted by Gasteiger charge is -2.18. The molecule has 0 bridgehead atoms. The molecule has 2 heterocycles. The number of fused-ring (bicyclic) bond motifs is 1. The topological polar surface area (TPSA) is 63.8 Å². The van der Waals surface area contributed by atoms with Crippen LogP contribution in [0.2, 0.25) is 5.15 Å². The van der Waals surface area contributed by atoms with E-state index < -0.39 is 0 Å². The number of rotatable bonds is 3. The molecule has 5 heteroatoms. The smallest absolute Gasteiger partial charge is 0.129 e. The third-order valence-corrected chi connectivity index (χ3v) is 3.45. The van der Waals surface area contributed by atoms with Crippen molar-refractivity contribution in [2.75, 3.05) is 0 Å². The van der Waals surface area contributed by atoms with E-state index in [9.17, 15) is 0 Å². The van der Waals surface area contributed by atoms with Crippen molar-refractivity contribution in [2.45, 2.75) is 6.04 Å². The van der Waals surface area contributed by atoms with Crippen molar-refractivity contribution in [3.63, 3.8) is 0 Å². The van der Waals surface area contributed by atoms with E-state index in [1.54, 1.807) is 18.5 Å². The lowest BCUT2D eigenvalue weighted by molar-refractivity contribution is 0.640. The van der Waals surface area contributed by atoms with Gasteiger partial charge in [0, 0.05) is 17.8 Å². The lowest BCUT2D eigenvalue weighted by Crippen LogP contribution is -2.29. The number of hydrogen-bond acceptors (Lipinski definition) is 4. The van der Waals surface area contributed by atoms with Crippen LogP contribution in [-0.2, 0) is 0 Å². The number of nitrogens with two attached hydrogens (primary N) is 1. The number of halogens is 1. The molecule has 1 aromatic carbocycles. The van der Waals surface area contributed by atoms with Gasteiger partial charge < -0.3 is 0 Å². The molecule has 1 unspecified atom stereocenters. The number of pyridine rings is 2. The molecule has 3 N–H and O–H groups in total. The highest BCUT2D eigenvalue weighted by molar-refractivity contribution is 6.29. The van der Waals surface area contributed by atoms with Crippen LogP contribution in [0.3, 0.4) is 0 Å². The summed E-state index contributed by atoms with van der Waals surface area (Å²) in [4.78, 5) is 8.36. The number of benzene rings is 1. The summed E-state index contributed by atoms with van der Waals surface area (Å²) in [6, 6.07) is 13.5. The normalized spacial score (nSPS) is 12.5. The van der Waals surface area contributed by atoms with Gasteiger partial charge in [-0.25, -0.2) is 10.4 Å². The van der Waals surface area contributed by atoms with Crippen LogP contribution < -0.4 is 11.3 Å². The first-order chi connectivity index (χ1) is 9.79. The SMILES string of the molecule is NNC(c1ccnc(Cl)c1)c1cccc2ncccc12. The molecule has 3 aromatic rings. The molecule has 0 aliphatic carbocycles. The van der Waals surface area contributed by atoms with Gasteiger partial charge in [0.25, 0.3) is 0 Å². The van der Waals surface area contributed by atoms with E-state index in [0.717, 1.165) is 22.0 Å². The van der Waals surface area contributed by atoms with Gasteiger partial charge in [-0.2, -0.15) is 0 Å². The minimum absolute atomic E-state index is 0.164. The molecule has 0 aliphatic heterocycles. The zero-order valence-electron chi connectivity index (χ0n) is 10.6. The summed E-state index contributed by atoms with van der Waals surface area (Å²) in [5.41, 5.74) is 5.79. The third-order valence-electron chi connectivity index (χ3n) is 3.24. The second-order valence-corrected chi connectivity index (χ2v) is 4.82. The van der Waals surface area contributed by atoms with Crippen LogP contribution in [0.4, 0.5) is 0 Å². The fourth-order valence-electron chi connectivity index (χ4n) is 2.34. The summed E-state index contributed by atoms with van der Waals surface area (Å²) >= 11 is 5.96. The van der Waals surface area contributed by atoms with Crippen molar-refractivity contribution in [1.29, 1.82) is 0 Å². The Hall–Kier alpha value is -2.01. The van der Waals surface area contributed by atoms with E-state index in [2.05, 4.69) is 15.4 Å². The Morgan fingerprint density at radius 3 is 2.75 bits per heavy atom. The average Bonchev–Trinajstić information content (AvgIpc) is 2.48. The fraction of sp³-hybridized carbons (Fsp3) is 0.0667. The predicted octanol–water partition coefficient (Wildman–Crippen LogP) is 2.84. The van der Waals surface area contributed by atoms with Gasteiger partial charge in [0.05, 0.1) is 11.6 Å². The number of hydrogen-bond donors (Lipinski definition) is 2. The van der Waals surface area contributed by atoms with E-state index in [1.165, 1.54) is 0 Å². The summed E-state index contributed by atoms with van der Waals surface area (Å²) in [6.45, 7) is 0. The Morgan fingerprint density at radius 1 is 1.05 bits per heavy atom. The van der Waals surface area contributed by atoms with Crippen molar-refractivity contribution in [2.24, 2.45) is 5.84 Å². The molecular formula is C15H13ClN4. The first kappa shape index (κ1) is 13.0. The predicted molar refractivity (Wildman–Crippen MR) is 80.2 cm³/mol. The second-order valence-electron chi connectivity index (χ2n) is 4.43. The van der Waals surface area contributed by atoms with Crippen LogP contribution in [-0.4, -0.2) is 9.97 Å². The Bertz CT molecular complexity index is 739. The van der Waals surface area contributed by atoms with Gasteiger partial charge in [-0.1, -0.05) is 29.8 Å². The van der Waals surface area contributed by atoms with Crippen LogP contribution in [0.1, 0.15) is 17.2 Å². The quantitative estimate of drug-likeness (QED) is 0.441. The zero-order chi connectivity index (χ0) is 13.9. The molecule has 0 radical (unpaired) electrons. The Kier molecular flexibility index (Phi) is 3.60. The molecule has 0 fully saturated rings. The molecule has 0 saturated carbocycles. The van der Waals surface area contributed by atoms with Crippen molar-refractivity contribution >= 4 is 22.5 Å². The number of hydrazine groups is 1. The van der Waals surface area contributed by atoms with Crippen molar-refractivity contribution in [3.8, 4) is 0 Å². The molecule has 0 amide bonds. The summed E-state index contributed by atoms with van der Waals surface area (Å²) in [5, 5.41) is 1.51. The Morgan fingerprint density at radius 2 is 1.95 bits per heavy atom. The summed E-state index contributed by atoms with van der Waals surface area (Å²) in [6.07, 6.45) is 3.45. The van der Waals surface area contributed by atoms with Crippen LogP contribution in [0, 0.1) is 0 Å². The Labute approximate surface area is 121 Å². The van der Waals surface area contributed by atoms with Gasteiger partial charge in [0.1, 0.15) is 5.15 Å². The van der Waals surface area contributed by atoms with Crippen LogP contribution in [0.15, 0.2) is 54.9 Å². The minimum atomic E-state index is -0.164. The standard InChI is InChI=1S/C15H13ClN4/c16-14-9-10(6-8-19-14)15(20-17)12-3-1-5-13-11(12)4-2-7-18-13/h1-9,15,20H,17H2. The van der Waals surface area contributed by atoms with Gasteiger partial charge in [-0.3, -0.25) is 10.8 Å². The summed E-state index contributed by atoms with van der Waals surface area (Å²) < 4.78 is 0. The molecule has 0 aliphatic rings. The Balaban J connectivity index is 2.17. The van der Waals surface area contributed by atoms with Crippen LogP contribution >= 0.6 is 11.6 Å². The number of nitrogens with zero attached hydrogens (tertiary/aromatic N) is 2. The van der Waals surface area contributed by atoms with E-state index >= 15 is 0 Å². The monoisotopic (exact) mass is 284 g/mol. The summed E-state index contributed by atoms with van der Waals surface area (Å²) in [7, 11) is 0. The first-order valence-corrected chi connectivity index (χ1v) is 6.58. The highest BCUT2D eigenvalue weighted by Gasteiger charge is 2.15. The largest absolute Gasteiger partial charge is 0.271 e. The molecule has 100 valence electrons. The highest BCUT2D eigenvalue weighted by atomic mass is 35.5. The molecular weight excluding hydrogens is 272 g/mol. The lowest BCUT2D eigenvalue weighted by atomic mass is 9.96. The zero-order valence-corrected chi connectivity index (χ0v) is 11.4. The molecule has 1 atom stereocenters. The first-order valence-electron chi connectivity index (χ1n) is 6.21. The van der Waals surface area contributed by atoms with Crippen LogP contribution in [0.5, 0.6) is 0 Å². The molecule has 2 aromatic heterocycles. The molecule has 0 saturated heterocycles. The average molecular weight is 285 g/mol. The summed E-state index contributed by atoms with van der Waals surface area (Å²) in [5.74, 6) is 5.74. The number of aromatic nitrogens is 2. The van der Waals surface area contributed by atoms with Gasteiger partial charge in [-0.15, -0.1) is 0 Å². The van der Waals surface area contributed by atoms with Crippen molar-refractivity contribution < 1.29 is 0 Å². The fourth-order valence-corrected chi connectivity index (χ4v) is 2.52. The third kappa shape index (κ3) is 2.36. The van der Waals surface area contributed by atoms with E-state index in [0.29, 0.717) is 5.15 Å².